The van der Waals surface area contributed by atoms with E-state index in [1.165, 1.54) is 6.92 Å². The van der Waals surface area contributed by atoms with E-state index in [-0.39, 0.29) is 11.7 Å². The summed E-state index contributed by atoms with van der Waals surface area (Å²) in [6.45, 7) is 8.71. The fourth-order valence-corrected chi connectivity index (χ4v) is 2.88. The highest BCUT2D eigenvalue weighted by atomic mass is 16.2. The first kappa shape index (κ1) is 21.4. The smallest absolute Gasteiger partial charge is 0.239 e. The van der Waals surface area contributed by atoms with E-state index in [2.05, 4.69) is 10.6 Å². The van der Waals surface area contributed by atoms with Gasteiger partial charge in [-0.2, -0.15) is 0 Å². The number of carbonyl (C=O) groups is 3. The Labute approximate surface area is 166 Å². The predicted octanol–water partition coefficient (Wildman–Crippen LogP) is 4.62. The highest BCUT2D eigenvalue weighted by Gasteiger charge is 2.36. The van der Waals surface area contributed by atoms with E-state index < -0.39 is 11.3 Å². The van der Waals surface area contributed by atoms with Gasteiger partial charge in [0.05, 0.1) is 0 Å². The van der Waals surface area contributed by atoms with Crippen molar-refractivity contribution in [1.29, 1.82) is 0 Å². The zero-order chi connectivity index (χ0) is 20.9. The predicted molar refractivity (Wildman–Crippen MR) is 113 cm³/mol. The lowest BCUT2D eigenvalue weighted by molar-refractivity contribution is -0.135. The normalized spacial score (nSPS) is 11.0. The van der Waals surface area contributed by atoms with Crippen LogP contribution in [-0.4, -0.2) is 17.6 Å². The number of anilines is 2. The molecule has 0 aliphatic rings. The van der Waals surface area contributed by atoms with E-state index in [1.807, 2.05) is 32.0 Å². The number of ketones is 1. The van der Waals surface area contributed by atoms with Crippen molar-refractivity contribution in [3.05, 3.63) is 59.2 Å². The Morgan fingerprint density at radius 1 is 0.857 bits per heavy atom. The molecule has 148 valence electrons. The summed E-state index contributed by atoms with van der Waals surface area (Å²) >= 11 is 0. The Balaban J connectivity index is 2.22. The minimum Gasteiger partial charge on any atom is -0.325 e. The molecule has 0 unspecified atom stereocenters. The molecule has 0 saturated heterocycles. The van der Waals surface area contributed by atoms with Crippen LogP contribution < -0.4 is 10.6 Å². The molecule has 2 amide bonds. The SMILES string of the molecule is CCc1cccc(CC)c1NC(=O)C(C)(C)C(=O)Nc1cccc(C(C)=O)c1. The average molecular weight is 380 g/mol. The molecule has 5 nitrogen and oxygen atoms in total. The number of benzene rings is 2. The molecule has 0 aromatic heterocycles. The summed E-state index contributed by atoms with van der Waals surface area (Å²) in [4.78, 5) is 37.3. The molecular formula is C23H28N2O3. The Kier molecular flexibility index (Phi) is 6.73. The first-order chi connectivity index (χ1) is 13.2. The number of rotatable bonds is 7. The highest BCUT2D eigenvalue weighted by molar-refractivity contribution is 6.14. The Morgan fingerprint density at radius 3 is 1.93 bits per heavy atom. The third-order valence-corrected chi connectivity index (χ3v) is 4.90. The summed E-state index contributed by atoms with van der Waals surface area (Å²) in [6, 6.07) is 12.6. The number of carbonyl (C=O) groups excluding carboxylic acids is 3. The number of aryl methyl sites for hydroxylation is 2. The molecule has 0 aliphatic carbocycles. The maximum absolute atomic E-state index is 13.0. The average Bonchev–Trinajstić information content (AvgIpc) is 2.68. The largest absolute Gasteiger partial charge is 0.325 e. The van der Waals surface area contributed by atoms with E-state index in [0.717, 1.165) is 29.7 Å². The van der Waals surface area contributed by atoms with E-state index in [1.54, 1.807) is 38.1 Å². The van der Waals surface area contributed by atoms with E-state index in [4.69, 9.17) is 0 Å². The van der Waals surface area contributed by atoms with Crippen LogP contribution in [0.5, 0.6) is 0 Å². The minimum absolute atomic E-state index is 0.0867. The number of hydrogen-bond acceptors (Lipinski definition) is 3. The lowest BCUT2D eigenvalue weighted by Crippen LogP contribution is -2.42. The third kappa shape index (κ3) is 4.66. The topological polar surface area (TPSA) is 75.3 Å². The van der Waals surface area contributed by atoms with Gasteiger partial charge in [-0.1, -0.05) is 44.2 Å². The first-order valence-corrected chi connectivity index (χ1v) is 9.55. The molecule has 2 aromatic carbocycles. The molecule has 0 saturated carbocycles. The van der Waals surface area contributed by atoms with Crippen LogP contribution in [0, 0.1) is 5.41 Å². The maximum Gasteiger partial charge on any atom is 0.239 e. The van der Waals surface area contributed by atoms with Crippen molar-refractivity contribution in [2.45, 2.75) is 47.5 Å². The molecule has 0 heterocycles. The molecule has 0 fully saturated rings. The fraction of sp³-hybridized carbons (Fsp3) is 0.348. The van der Waals surface area contributed by atoms with Gasteiger partial charge in [-0.3, -0.25) is 14.4 Å². The molecule has 2 rings (SSSR count). The van der Waals surface area contributed by atoms with Gasteiger partial charge in [-0.25, -0.2) is 0 Å². The van der Waals surface area contributed by atoms with Crippen molar-refractivity contribution >= 4 is 29.0 Å². The van der Waals surface area contributed by atoms with Crippen LogP contribution in [0.4, 0.5) is 11.4 Å². The van der Waals surface area contributed by atoms with Crippen molar-refractivity contribution < 1.29 is 14.4 Å². The molecule has 2 aromatic rings. The molecule has 28 heavy (non-hydrogen) atoms. The zero-order valence-corrected chi connectivity index (χ0v) is 17.2. The number of Topliss-reactive ketones (excluding diaryl/α,β-unsaturated/α-hetero) is 1. The first-order valence-electron chi connectivity index (χ1n) is 9.55. The summed E-state index contributed by atoms with van der Waals surface area (Å²) in [5.74, 6) is -0.891. The standard InChI is InChI=1S/C23H28N2O3/c1-6-16-10-8-11-17(7-2)20(16)25-22(28)23(4,5)21(27)24-19-13-9-12-18(14-19)15(3)26/h8-14H,6-7H2,1-5H3,(H,24,27)(H,25,28). The van der Waals surface area contributed by atoms with Crippen molar-refractivity contribution in [2.24, 2.45) is 5.41 Å². The van der Waals surface area contributed by atoms with Crippen LogP contribution in [-0.2, 0) is 22.4 Å². The van der Waals surface area contributed by atoms with Gasteiger partial charge < -0.3 is 10.6 Å². The fourth-order valence-electron chi connectivity index (χ4n) is 2.88. The van der Waals surface area contributed by atoms with Crippen molar-refractivity contribution in [3.63, 3.8) is 0 Å². The molecule has 0 bridgehead atoms. The van der Waals surface area contributed by atoms with Crippen molar-refractivity contribution in [1.82, 2.24) is 0 Å². The van der Waals surface area contributed by atoms with Gasteiger partial charge in [0.1, 0.15) is 5.41 Å². The number of hydrogen-bond donors (Lipinski definition) is 2. The van der Waals surface area contributed by atoms with E-state index in [0.29, 0.717) is 11.3 Å². The van der Waals surface area contributed by atoms with Crippen LogP contribution in [0.25, 0.3) is 0 Å². The van der Waals surface area contributed by atoms with Gasteiger partial charge in [-0.05, 0) is 56.9 Å². The van der Waals surface area contributed by atoms with Crippen LogP contribution in [0.1, 0.15) is 56.1 Å². The van der Waals surface area contributed by atoms with Crippen molar-refractivity contribution in [3.8, 4) is 0 Å². The summed E-state index contributed by atoms with van der Waals surface area (Å²) < 4.78 is 0. The monoisotopic (exact) mass is 380 g/mol. The van der Waals surface area contributed by atoms with Crippen molar-refractivity contribution in [2.75, 3.05) is 10.6 Å². The van der Waals surface area contributed by atoms with Crippen LogP contribution in [0.15, 0.2) is 42.5 Å². The van der Waals surface area contributed by atoms with E-state index >= 15 is 0 Å². The maximum atomic E-state index is 13.0. The second kappa shape index (κ2) is 8.83. The molecule has 0 radical (unpaired) electrons. The zero-order valence-electron chi connectivity index (χ0n) is 17.2. The summed E-state index contributed by atoms with van der Waals surface area (Å²) in [7, 11) is 0. The number of para-hydroxylation sites is 1. The van der Waals surface area contributed by atoms with Crippen LogP contribution >= 0.6 is 0 Å². The van der Waals surface area contributed by atoms with Crippen LogP contribution in [0.3, 0.4) is 0 Å². The molecule has 0 aliphatic heterocycles. The summed E-state index contributed by atoms with van der Waals surface area (Å²) in [5, 5.41) is 5.71. The van der Waals surface area contributed by atoms with Gasteiger partial charge in [0.2, 0.25) is 11.8 Å². The third-order valence-electron chi connectivity index (χ3n) is 4.90. The van der Waals surface area contributed by atoms with E-state index in [9.17, 15) is 14.4 Å². The van der Waals surface area contributed by atoms with Gasteiger partial charge >= 0.3 is 0 Å². The molecule has 5 heteroatoms. The Bertz CT molecular complexity index is 878. The lowest BCUT2D eigenvalue weighted by atomic mass is 9.90. The highest BCUT2D eigenvalue weighted by Crippen LogP contribution is 2.27. The quantitative estimate of drug-likeness (QED) is 0.544. The molecule has 0 spiro atoms. The Hall–Kier alpha value is -2.95. The van der Waals surface area contributed by atoms with Gasteiger partial charge in [0, 0.05) is 16.9 Å². The Morgan fingerprint density at radius 2 is 1.39 bits per heavy atom. The van der Waals surface area contributed by atoms with Gasteiger partial charge in [-0.15, -0.1) is 0 Å². The second-order valence-electron chi connectivity index (χ2n) is 7.33. The number of amides is 2. The molecule has 0 atom stereocenters. The minimum atomic E-state index is -1.29. The summed E-state index contributed by atoms with van der Waals surface area (Å²) in [6.07, 6.45) is 1.57. The lowest BCUT2D eigenvalue weighted by Gasteiger charge is -2.24. The van der Waals surface area contributed by atoms with Gasteiger partial charge in [0.25, 0.3) is 0 Å². The number of nitrogens with one attached hydrogen (secondary N) is 2. The summed E-state index contributed by atoms with van der Waals surface area (Å²) in [5.41, 5.74) is 2.57. The van der Waals surface area contributed by atoms with Gasteiger partial charge in [0.15, 0.2) is 5.78 Å². The molecule has 2 N–H and O–H groups in total. The van der Waals surface area contributed by atoms with Crippen LogP contribution in [0.2, 0.25) is 0 Å². The molecular weight excluding hydrogens is 352 g/mol. The second-order valence-corrected chi connectivity index (χ2v) is 7.33.